The number of hydrogen-bond donors (Lipinski definition) is 3. The second-order valence-electron chi connectivity index (χ2n) is 8.13. The van der Waals surface area contributed by atoms with Crippen LogP contribution in [-0.2, 0) is 17.8 Å². The maximum atomic E-state index is 13.1. The highest BCUT2D eigenvalue weighted by molar-refractivity contribution is 6.40. The van der Waals surface area contributed by atoms with Crippen molar-refractivity contribution in [3.63, 3.8) is 0 Å². The summed E-state index contributed by atoms with van der Waals surface area (Å²) in [4.78, 5) is 39.1. The zero-order valence-corrected chi connectivity index (χ0v) is 19.7. The van der Waals surface area contributed by atoms with Gasteiger partial charge in [0.25, 0.3) is 11.8 Å². The van der Waals surface area contributed by atoms with Crippen molar-refractivity contribution in [3.8, 4) is 0 Å². The van der Waals surface area contributed by atoms with E-state index in [1.165, 1.54) is 0 Å². The average molecular weight is 504 g/mol. The van der Waals surface area contributed by atoms with Crippen LogP contribution in [0.1, 0.15) is 44.7 Å². The molecule has 0 saturated carbocycles. The molecule has 0 saturated heterocycles. The number of aliphatic carboxylic acids is 1. The average Bonchev–Trinajstić information content (AvgIpc) is 3.28. The number of carbonyl (C=O) groups excluding carboxylic acids is 2. The normalized spacial score (nSPS) is 14.0. The minimum absolute atomic E-state index is 0.0316. The fraction of sp³-hybridized carbons (Fsp3) is 0.292. The zero-order valence-electron chi connectivity index (χ0n) is 18.1. The molecule has 0 bridgehead atoms. The Morgan fingerprint density at radius 2 is 2.00 bits per heavy atom. The molecule has 2 amide bonds. The second-order valence-corrected chi connectivity index (χ2v) is 8.92. The maximum absolute atomic E-state index is 13.1. The molecular formula is C24H23Cl2N3O5. The van der Waals surface area contributed by atoms with Crippen molar-refractivity contribution >= 4 is 52.0 Å². The van der Waals surface area contributed by atoms with E-state index in [1.54, 1.807) is 29.4 Å². The van der Waals surface area contributed by atoms with E-state index in [9.17, 15) is 19.5 Å². The van der Waals surface area contributed by atoms with Gasteiger partial charge in [-0.25, -0.2) is 4.79 Å². The second kappa shape index (κ2) is 10.0. The summed E-state index contributed by atoms with van der Waals surface area (Å²) < 4.78 is 5.40. The van der Waals surface area contributed by atoms with Gasteiger partial charge in [-0.2, -0.15) is 0 Å². The molecule has 1 atom stereocenters. The Bertz CT molecular complexity index is 1270. The molecule has 1 aromatic heterocycles. The van der Waals surface area contributed by atoms with Crippen molar-refractivity contribution in [2.24, 2.45) is 5.73 Å². The van der Waals surface area contributed by atoms with Crippen LogP contribution in [0.25, 0.3) is 11.0 Å². The number of carboxylic acid groups (broad SMARTS) is 1. The van der Waals surface area contributed by atoms with Gasteiger partial charge in [0.2, 0.25) is 0 Å². The van der Waals surface area contributed by atoms with Crippen molar-refractivity contribution in [1.82, 2.24) is 10.2 Å². The van der Waals surface area contributed by atoms with Crippen LogP contribution in [0.2, 0.25) is 10.0 Å². The van der Waals surface area contributed by atoms with Crippen LogP contribution in [-0.4, -0.2) is 46.9 Å². The molecule has 178 valence electrons. The first-order chi connectivity index (χ1) is 16.3. The Morgan fingerprint density at radius 3 is 2.74 bits per heavy atom. The van der Waals surface area contributed by atoms with E-state index in [2.05, 4.69) is 5.32 Å². The first-order valence-electron chi connectivity index (χ1n) is 10.8. The smallest absolute Gasteiger partial charge is 0.326 e. The number of furan rings is 1. The van der Waals surface area contributed by atoms with Crippen LogP contribution in [0.15, 0.2) is 41.0 Å². The number of carbonyl (C=O) groups is 3. The molecule has 1 aliphatic heterocycles. The number of carboxylic acids is 1. The summed E-state index contributed by atoms with van der Waals surface area (Å²) in [7, 11) is 0. The van der Waals surface area contributed by atoms with E-state index < -0.39 is 17.9 Å². The number of hydrogen-bond acceptors (Lipinski definition) is 5. The molecule has 1 aliphatic rings. The lowest BCUT2D eigenvalue weighted by atomic mass is 9.95. The number of benzene rings is 2. The molecule has 4 N–H and O–H groups in total. The van der Waals surface area contributed by atoms with Gasteiger partial charge in [-0.05, 0) is 61.2 Å². The van der Waals surface area contributed by atoms with E-state index in [-0.39, 0.29) is 34.5 Å². The molecule has 2 aromatic carbocycles. The van der Waals surface area contributed by atoms with Gasteiger partial charge in [-0.15, -0.1) is 0 Å². The number of nitrogens with two attached hydrogens (primary N) is 1. The zero-order chi connectivity index (χ0) is 24.4. The van der Waals surface area contributed by atoms with Crippen LogP contribution in [0.3, 0.4) is 0 Å². The minimum Gasteiger partial charge on any atom is -0.480 e. The fourth-order valence-corrected chi connectivity index (χ4v) is 4.88. The van der Waals surface area contributed by atoms with Gasteiger partial charge in [-0.1, -0.05) is 29.3 Å². The molecule has 34 heavy (non-hydrogen) atoms. The highest BCUT2D eigenvalue weighted by Gasteiger charge is 2.29. The summed E-state index contributed by atoms with van der Waals surface area (Å²) in [6.45, 7) is 0.989. The molecule has 8 nitrogen and oxygen atoms in total. The van der Waals surface area contributed by atoms with E-state index in [4.69, 9.17) is 33.4 Å². The molecule has 0 radical (unpaired) electrons. The number of nitrogens with zero attached hydrogens (tertiary/aromatic N) is 1. The highest BCUT2D eigenvalue weighted by atomic mass is 35.5. The predicted molar refractivity (Wildman–Crippen MR) is 128 cm³/mol. The highest BCUT2D eigenvalue weighted by Crippen LogP contribution is 2.35. The van der Waals surface area contributed by atoms with Crippen LogP contribution in [0.4, 0.5) is 0 Å². The lowest BCUT2D eigenvalue weighted by Crippen LogP contribution is -2.41. The maximum Gasteiger partial charge on any atom is 0.326 e. The number of amides is 2. The van der Waals surface area contributed by atoms with Crippen molar-refractivity contribution in [3.05, 3.63) is 68.9 Å². The van der Waals surface area contributed by atoms with Gasteiger partial charge < -0.3 is 25.5 Å². The summed E-state index contributed by atoms with van der Waals surface area (Å²) in [6.07, 6.45) is 2.64. The summed E-state index contributed by atoms with van der Waals surface area (Å²) in [5.74, 6) is -1.97. The third kappa shape index (κ3) is 4.75. The first-order valence-corrected chi connectivity index (χ1v) is 11.6. The van der Waals surface area contributed by atoms with Gasteiger partial charge in [0.15, 0.2) is 0 Å². The van der Waals surface area contributed by atoms with E-state index >= 15 is 0 Å². The summed E-state index contributed by atoms with van der Waals surface area (Å²) in [6, 6.07) is 7.65. The molecule has 0 aliphatic carbocycles. The van der Waals surface area contributed by atoms with E-state index in [0.717, 1.165) is 16.5 Å². The monoisotopic (exact) mass is 503 g/mol. The lowest BCUT2D eigenvalue weighted by Gasteiger charge is -2.30. The van der Waals surface area contributed by atoms with Crippen LogP contribution in [0.5, 0.6) is 0 Å². The molecule has 3 aromatic rings. The largest absolute Gasteiger partial charge is 0.480 e. The van der Waals surface area contributed by atoms with Gasteiger partial charge >= 0.3 is 5.97 Å². The molecule has 4 rings (SSSR count). The Kier molecular flexibility index (Phi) is 7.11. The van der Waals surface area contributed by atoms with Gasteiger partial charge in [0.05, 0.1) is 21.9 Å². The molecule has 0 spiro atoms. The quantitative estimate of drug-likeness (QED) is 0.449. The van der Waals surface area contributed by atoms with Gasteiger partial charge in [0, 0.05) is 24.0 Å². The third-order valence-corrected chi connectivity index (χ3v) is 6.64. The Morgan fingerprint density at radius 1 is 1.21 bits per heavy atom. The van der Waals surface area contributed by atoms with Gasteiger partial charge in [0.1, 0.15) is 11.6 Å². The Balaban J connectivity index is 1.55. The van der Waals surface area contributed by atoms with Crippen molar-refractivity contribution in [2.45, 2.75) is 31.8 Å². The van der Waals surface area contributed by atoms with Crippen molar-refractivity contribution in [2.75, 3.05) is 13.1 Å². The molecular weight excluding hydrogens is 481 g/mol. The Hall–Kier alpha value is -3.07. The number of halogens is 2. The summed E-state index contributed by atoms with van der Waals surface area (Å²) in [5, 5.41) is 13.0. The summed E-state index contributed by atoms with van der Waals surface area (Å²) in [5.41, 5.74) is 8.09. The van der Waals surface area contributed by atoms with Crippen LogP contribution in [0, 0.1) is 0 Å². The standard InChI is InChI=1S/C24H23Cl2N3O5/c25-17-10-15-12-29(23(31)14-4-3-13-6-9-34-19(13)11-14)8-5-16(15)21(26)20(17)22(30)28-18(24(32)33)2-1-7-27/h3-4,6,9-11,18H,1-2,5,7-8,12,27H2,(H,28,30)(H,32,33). The number of rotatable bonds is 7. The SMILES string of the molecule is NCCCC(NC(=O)c1c(Cl)cc2c(c1Cl)CCN(C(=O)c1ccc3ccoc3c1)C2)C(=O)O. The van der Waals surface area contributed by atoms with Gasteiger partial charge in [-0.3, -0.25) is 9.59 Å². The number of nitrogens with one attached hydrogen (secondary N) is 1. The predicted octanol–water partition coefficient (Wildman–Crippen LogP) is 3.86. The minimum atomic E-state index is -1.16. The van der Waals surface area contributed by atoms with E-state index in [1.807, 2.05) is 12.1 Å². The molecule has 2 heterocycles. The fourth-order valence-electron chi connectivity index (χ4n) is 4.11. The summed E-state index contributed by atoms with van der Waals surface area (Å²) >= 11 is 13.0. The van der Waals surface area contributed by atoms with Crippen molar-refractivity contribution in [1.29, 1.82) is 0 Å². The number of fused-ring (bicyclic) bond motifs is 2. The Labute approximate surface area is 205 Å². The van der Waals surface area contributed by atoms with Crippen LogP contribution < -0.4 is 11.1 Å². The van der Waals surface area contributed by atoms with Crippen LogP contribution >= 0.6 is 23.2 Å². The van der Waals surface area contributed by atoms with E-state index in [0.29, 0.717) is 37.1 Å². The van der Waals surface area contributed by atoms with Crippen molar-refractivity contribution < 1.29 is 23.9 Å². The molecule has 1 unspecified atom stereocenters. The topological polar surface area (TPSA) is 126 Å². The molecule has 0 fully saturated rings. The molecule has 10 heteroatoms. The lowest BCUT2D eigenvalue weighted by molar-refractivity contribution is -0.139. The third-order valence-electron chi connectivity index (χ3n) is 5.92. The first kappa shape index (κ1) is 24.1.